The van der Waals surface area contributed by atoms with Crippen LogP contribution in [0.5, 0.6) is 0 Å². The van der Waals surface area contributed by atoms with Crippen LogP contribution in [0.1, 0.15) is 24.8 Å². The Morgan fingerprint density at radius 3 is 2.69 bits per heavy atom. The molecule has 1 fully saturated rings. The largest absolute Gasteiger partial charge is 0.382 e. The molecule has 0 spiro atoms. The molecule has 1 unspecified atom stereocenters. The third-order valence-corrected chi connectivity index (χ3v) is 4.79. The van der Waals surface area contributed by atoms with Crippen molar-refractivity contribution >= 4 is 0 Å². The third-order valence-electron chi connectivity index (χ3n) is 4.79. The molecule has 2 aromatic rings. The zero-order chi connectivity index (χ0) is 18.4. The fourth-order valence-corrected chi connectivity index (χ4v) is 3.40. The molecule has 26 heavy (non-hydrogen) atoms. The molecule has 0 aliphatic carbocycles. The highest BCUT2D eigenvalue weighted by atomic mass is 19.1. The van der Waals surface area contributed by atoms with E-state index in [-0.39, 0.29) is 18.7 Å². The predicted molar refractivity (Wildman–Crippen MR) is 93.4 cm³/mol. The number of hydrogen-bond donors (Lipinski definition) is 2. The Morgan fingerprint density at radius 1 is 1.19 bits per heavy atom. The monoisotopic (exact) mass is 365 g/mol. The van der Waals surface area contributed by atoms with Crippen molar-refractivity contribution in [1.82, 2.24) is 25.0 Å². The summed E-state index contributed by atoms with van der Waals surface area (Å²) in [6, 6.07) is 3.22. The maximum absolute atomic E-state index is 14.3. The average molecular weight is 365 g/mol. The van der Waals surface area contributed by atoms with Gasteiger partial charge in [0, 0.05) is 31.3 Å². The SMILES string of the molecule is OC(CNCCN1CCCCC1)(Cn1cncn1)c1ccc(F)cc1F. The summed E-state index contributed by atoms with van der Waals surface area (Å²) in [6.07, 6.45) is 6.53. The molecule has 0 amide bonds. The fraction of sp³-hybridized carbons (Fsp3) is 0.556. The first-order valence-corrected chi connectivity index (χ1v) is 9.00. The Balaban J connectivity index is 1.66. The van der Waals surface area contributed by atoms with E-state index in [4.69, 9.17) is 0 Å². The minimum Gasteiger partial charge on any atom is -0.382 e. The van der Waals surface area contributed by atoms with Crippen molar-refractivity contribution in [3.05, 3.63) is 48.1 Å². The topological polar surface area (TPSA) is 66.2 Å². The number of nitrogens with zero attached hydrogens (tertiary/aromatic N) is 4. The molecule has 1 aliphatic heterocycles. The second kappa shape index (κ2) is 8.66. The summed E-state index contributed by atoms with van der Waals surface area (Å²) in [7, 11) is 0. The Hall–Kier alpha value is -1.90. The highest BCUT2D eigenvalue weighted by Crippen LogP contribution is 2.26. The summed E-state index contributed by atoms with van der Waals surface area (Å²) in [4.78, 5) is 6.23. The molecular formula is C18H25F2N5O. The molecule has 1 aromatic carbocycles. The number of rotatable bonds is 8. The lowest BCUT2D eigenvalue weighted by Gasteiger charge is -2.30. The summed E-state index contributed by atoms with van der Waals surface area (Å²) >= 11 is 0. The minimum atomic E-state index is -1.56. The highest BCUT2D eigenvalue weighted by molar-refractivity contribution is 5.25. The Labute approximate surface area is 151 Å². The number of halogens is 2. The number of likely N-dealkylation sites (tertiary alicyclic amines) is 1. The summed E-state index contributed by atoms with van der Waals surface area (Å²) in [5, 5.41) is 18.3. The normalized spacial score (nSPS) is 18.0. The Bertz CT molecular complexity index is 691. The fourth-order valence-electron chi connectivity index (χ4n) is 3.40. The Kier molecular flexibility index (Phi) is 6.29. The molecule has 1 saturated heterocycles. The van der Waals surface area contributed by atoms with Crippen LogP contribution in [0.25, 0.3) is 0 Å². The van der Waals surface area contributed by atoms with Crippen molar-refractivity contribution in [1.29, 1.82) is 0 Å². The maximum Gasteiger partial charge on any atom is 0.137 e. The van der Waals surface area contributed by atoms with Gasteiger partial charge < -0.3 is 15.3 Å². The molecule has 8 heteroatoms. The first-order chi connectivity index (χ1) is 12.6. The minimum absolute atomic E-state index is 0.0201. The van der Waals surface area contributed by atoms with E-state index in [0.29, 0.717) is 6.54 Å². The van der Waals surface area contributed by atoms with Gasteiger partial charge in [0.05, 0.1) is 6.54 Å². The molecule has 1 aromatic heterocycles. The van der Waals surface area contributed by atoms with Gasteiger partial charge in [0.25, 0.3) is 0 Å². The van der Waals surface area contributed by atoms with Gasteiger partial charge in [0.15, 0.2) is 0 Å². The van der Waals surface area contributed by atoms with Crippen LogP contribution in [0.4, 0.5) is 8.78 Å². The zero-order valence-electron chi connectivity index (χ0n) is 14.7. The first kappa shape index (κ1) is 18.9. The smallest absolute Gasteiger partial charge is 0.137 e. The number of piperidine rings is 1. The average Bonchev–Trinajstić information content (AvgIpc) is 3.12. The summed E-state index contributed by atoms with van der Waals surface area (Å²) in [6.45, 7) is 3.90. The van der Waals surface area contributed by atoms with E-state index < -0.39 is 17.2 Å². The first-order valence-electron chi connectivity index (χ1n) is 9.00. The number of benzene rings is 1. The van der Waals surface area contributed by atoms with Crippen LogP contribution in [0, 0.1) is 11.6 Å². The van der Waals surface area contributed by atoms with Crippen molar-refractivity contribution in [2.75, 3.05) is 32.7 Å². The van der Waals surface area contributed by atoms with Crippen LogP contribution in [0.2, 0.25) is 0 Å². The molecule has 0 bridgehead atoms. The van der Waals surface area contributed by atoms with Crippen LogP contribution in [0.3, 0.4) is 0 Å². The van der Waals surface area contributed by atoms with Gasteiger partial charge in [-0.25, -0.2) is 18.4 Å². The zero-order valence-corrected chi connectivity index (χ0v) is 14.7. The number of aliphatic hydroxyl groups is 1. The molecule has 0 saturated carbocycles. The van der Waals surface area contributed by atoms with E-state index >= 15 is 0 Å². The van der Waals surface area contributed by atoms with Gasteiger partial charge >= 0.3 is 0 Å². The van der Waals surface area contributed by atoms with Crippen LogP contribution in [-0.2, 0) is 12.1 Å². The van der Waals surface area contributed by atoms with Gasteiger partial charge in [0.2, 0.25) is 0 Å². The van der Waals surface area contributed by atoms with Gasteiger partial charge in [-0.3, -0.25) is 0 Å². The summed E-state index contributed by atoms with van der Waals surface area (Å²) < 4.78 is 29.0. The van der Waals surface area contributed by atoms with Crippen molar-refractivity contribution in [2.24, 2.45) is 0 Å². The number of nitrogens with one attached hydrogen (secondary N) is 1. The predicted octanol–water partition coefficient (Wildman–Crippen LogP) is 1.52. The van der Waals surface area contributed by atoms with Gasteiger partial charge in [-0.1, -0.05) is 12.5 Å². The van der Waals surface area contributed by atoms with Crippen LogP contribution in [-0.4, -0.2) is 57.5 Å². The van der Waals surface area contributed by atoms with Gasteiger partial charge in [-0.2, -0.15) is 5.10 Å². The van der Waals surface area contributed by atoms with Crippen molar-refractivity contribution in [2.45, 2.75) is 31.4 Å². The third kappa shape index (κ3) is 4.84. The molecule has 142 valence electrons. The summed E-state index contributed by atoms with van der Waals surface area (Å²) in [5.74, 6) is -1.45. The highest BCUT2D eigenvalue weighted by Gasteiger charge is 2.33. The summed E-state index contributed by atoms with van der Waals surface area (Å²) in [5.41, 5.74) is -1.52. The molecule has 1 atom stereocenters. The molecule has 0 radical (unpaired) electrons. The molecular weight excluding hydrogens is 340 g/mol. The quantitative estimate of drug-likeness (QED) is 0.695. The van der Waals surface area contributed by atoms with Crippen molar-refractivity contribution < 1.29 is 13.9 Å². The Morgan fingerprint density at radius 2 is 2.00 bits per heavy atom. The van der Waals surface area contributed by atoms with Crippen LogP contribution in [0.15, 0.2) is 30.9 Å². The second-order valence-electron chi connectivity index (χ2n) is 6.83. The lowest BCUT2D eigenvalue weighted by atomic mass is 9.93. The number of aromatic nitrogens is 3. The molecule has 6 nitrogen and oxygen atoms in total. The van der Waals surface area contributed by atoms with E-state index in [1.54, 1.807) is 0 Å². The van der Waals surface area contributed by atoms with E-state index in [0.717, 1.165) is 31.8 Å². The van der Waals surface area contributed by atoms with Gasteiger partial charge in [0.1, 0.15) is 29.9 Å². The van der Waals surface area contributed by atoms with Gasteiger partial charge in [-0.15, -0.1) is 0 Å². The van der Waals surface area contributed by atoms with E-state index in [9.17, 15) is 13.9 Å². The van der Waals surface area contributed by atoms with E-state index in [1.807, 2.05) is 0 Å². The standard InChI is InChI=1S/C18H25F2N5O/c19-15-4-5-16(17(20)10-15)18(26,12-25-14-22-13-23-25)11-21-6-9-24-7-2-1-3-8-24/h4-5,10,13-14,21,26H,1-3,6-9,11-12H2. The van der Waals surface area contributed by atoms with E-state index in [1.165, 1.54) is 42.7 Å². The molecule has 2 heterocycles. The van der Waals surface area contributed by atoms with E-state index in [2.05, 4.69) is 20.3 Å². The van der Waals surface area contributed by atoms with Crippen molar-refractivity contribution in [3.8, 4) is 0 Å². The molecule has 2 N–H and O–H groups in total. The molecule has 1 aliphatic rings. The lowest BCUT2D eigenvalue weighted by molar-refractivity contribution is 0.0116. The maximum atomic E-state index is 14.3. The second-order valence-corrected chi connectivity index (χ2v) is 6.83. The van der Waals surface area contributed by atoms with Crippen LogP contribution >= 0.6 is 0 Å². The number of hydrogen-bond acceptors (Lipinski definition) is 5. The van der Waals surface area contributed by atoms with Gasteiger partial charge in [-0.05, 0) is 32.0 Å². The van der Waals surface area contributed by atoms with Crippen LogP contribution < -0.4 is 5.32 Å². The van der Waals surface area contributed by atoms with Crippen molar-refractivity contribution in [3.63, 3.8) is 0 Å². The lowest BCUT2D eigenvalue weighted by Crippen LogP contribution is -2.45. The molecule has 3 rings (SSSR count).